The summed E-state index contributed by atoms with van der Waals surface area (Å²) in [5, 5.41) is 4.61. The molecule has 2 heterocycles. The molecule has 0 unspecified atom stereocenters. The van der Waals surface area contributed by atoms with Gasteiger partial charge in [-0.1, -0.05) is 38.1 Å². The third-order valence-corrected chi connectivity index (χ3v) is 11.4. The second-order valence-corrected chi connectivity index (χ2v) is 13.0. The van der Waals surface area contributed by atoms with E-state index < -0.39 is 0 Å². The Bertz CT molecular complexity index is 1220. The van der Waals surface area contributed by atoms with E-state index in [4.69, 9.17) is 0 Å². The molecule has 5 nitrogen and oxygen atoms in total. The summed E-state index contributed by atoms with van der Waals surface area (Å²) in [6, 6.07) is 8.73. The molecule has 1 aromatic carbocycles. The molecule has 3 saturated carbocycles. The molecule has 4 aliphatic rings. The highest BCUT2D eigenvalue weighted by atomic mass is 16.2. The Balaban J connectivity index is 1.04. The van der Waals surface area contributed by atoms with Crippen LogP contribution in [0, 0.1) is 34.5 Å². The van der Waals surface area contributed by atoms with Crippen LogP contribution in [0.3, 0.4) is 0 Å². The topological polar surface area (TPSA) is 65.2 Å². The van der Waals surface area contributed by atoms with Gasteiger partial charge in [0.05, 0.1) is 0 Å². The molecule has 0 bridgehead atoms. The van der Waals surface area contributed by atoms with Crippen molar-refractivity contribution >= 4 is 22.7 Å². The third-order valence-electron chi connectivity index (χ3n) is 11.4. The molecule has 3 fully saturated rings. The number of carbonyl (C=O) groups is 2. The zero-order valence-corrected chi connectivity index (χ0v) is 22.8. The zero-order chi connectivity index (χ0) is 25.8. The summed E-state index contributed by atoms with van der Waals surface area (Å²) in [5.41, 5.74) is 2.90. The number of aromatic amines is 1. The SMILES string of the molecule is CN1C(=O)C=C[C@]2(C)[C@H]3CC[C@]4(C)[C@@H](CNC(=O)CCCc5c[nH]c6ccccc56)CC[C@H]4[C@@H]3CC[C@@H]12. The Morgan fingerprint density at radius 2 is 1.95 bits per heavy atom. The van der Waals surface area contributed by atoms with E-state index >= 15 is 0 Å². The highest BCUT2D eigenvalue weighted by Crippen LogP contribution is 2.65. The van der Waals surface area contributed by atoms with Gasteiger partial charge >= 0.3 is 0 Å². The number of fused-ring (bicyclic) bond motifs is 6. The van der Waals surface area contributed by atoms with E-state index in [-0.39, 0.29) is 17.2 Å². The largest absolute Gasteiger partial charge is 0.361 e. The van der Waals surface area contributed by atoms with Gasteiger partial charge in [0.2, 0.25) is 11.8 Å². The molecule has 0 spiro atoms. The first kappa shape index (κ1) is 24.8. The monoisotopic (exact) mass is 501 g/mol. The van der Waals surface area contributed by atoms with Gasteiger partial charge in [-0.2, -0.15) is 0 Å². The van der Waals surface area contributed by atoms with Crippen LogP contribution < -0.4 is 5.32 Å². The van der Waals surface area contributed by atoms with E-state index in [1.165, 1.54) is 48.6 Å². The standard InChI is InChI=1S/C32H43N3O2/c1-31-17-15-26-24(12-14-28-32(26,2)18-16-30(37)35(28)3)25(31)13-11-22(31)20-34-29(36)10-6-7-21-19-33-27-9-5-4-8-23(21)27/h4-5,8-9,16,18-19,22,24-26,28,33H,6-7,10-15,17,20H2,1-3H3,(H,34,36)/t22-,24+,25+,26+,28-,31-,32-/m1/s1. The molecule has 37 heavy (non-hydrogen) atoms. The van der Waals surface area contributed by atoms with Crippen molar-refractivity contribution in [1.82, 2.24) is 15.2 Å². The quantitative estimate of drug-likeness (QED) is 0.520. The number of hydrogen-bond donors (Lipinski definition) is 2. The summed E-state index contributed by atoms with van der Waals surface area (Å²) in [5.74, 6) is 3.09. The van der Waals surface area contributed by atoms with Gasteiger partial charge in [0.25, 0.3) is 0 Å². The Kier molecular flexibility index (Phi) is 6.24. The van der Waals surface area contributed by atoms with Crippen LogP contribution in [-0.2, 0) is 16.0 Å². The van der Waals surface area contributed by atoms with Gasteiger partial charge in [-0.25, -0.2) is 0 Å². The minimum atomic E-state index is 0.101. The predicted molar refractivity (Wildman–Crippen MR) is 148 cm³/mol. The van der Waals surface area contributed by atoms with Gasteiger partial charge in [-0.05, 0) is 98.2 Å². The number of nitrogens with zero attached hydrogens (tertiary/aromatic N) is 1. The number of H-pyrrole nitrogens is 1. The molecule has 7 atom stereocenters. The molecular formula is C32H43N3O2. The molecule has 6 rings (SSSR count). The lowest BCUT2D eigenvalue weighted by Crippen LogP contribution is -2.59. The minimum Gasteiger partial charge on any atom is -0.361 e. The van der Waals surface area contributed by atoms with Gasteiger partial charge in [0.1, 0.15) is 0 Å². The van der Waals surface area contributed by atoms with Crippen LogP contribution in [0.15, 0.2) is 42.6 Å². The number of amides is 2. The van der Waals surface area contributed by atoms with Gasteiger partial charge in [-0.3, -0.25) is 9.59 Å². The second kappa shape index (κ2) is 9.32. The van der Waals surface area contributed by atoms with Crippen molar-refractivity contribution in [2.45, 2.75) is 77.7 Å². The summed E-state index contributed by atoms with van der Waals surface area (Å²) in [6.45, 7) is 5.77. The summed E-state index contributed by atoms with van der Waals surface area (Å²) in [4.78, 5) is 30.5. The normalized spacial score (nSPS) is 36.8. The number of nitrogens with one attached hydrogen (secondary N) is 2. The molecule has 0 saturated heterocycles. The summed E-state index contributed by atoms with van der Waals surface area (Å²) < 4.78 is 0. The molecule has 0 radical (unpaired) electrons. The lowest BCUT2D eigenvalue weighted by atomic mass is 9.47. The van der Waals surface area contributed by atoms with Crippen LogP contribution in [0.2, 0.25) is 0 Å². The Morgan fingerprint density at radius 1 is 1.11 bits per heavy atom. The number of aromatic nitrogens is 1. The summed E-state index contributed by atoms with van der Waals surface area (Å²) in [7, 11) is 2.00. The van der Waals surface area contributed by atoms with Crippen molar-refractivity contribution in [3.63, 3.8) is 0 Å². The summed E-state index contributed by atoms with van der Waals surface area (Å²) in [6.07, 6.45) is 16.0. The highest BCUT2D eigenvalue weighted by Gasteiger charge is 2.60. The van der Waals surface area contributed by atoms with Crippen LogP contribution in [0.25, 0.3) is 10.9 Å². The molecule has 198 valence electrons. The van der Waals surface area contributed by atoms with Crippen molar-refractivity contribution in [2.75, 3.05) is 13.6 Å². The number of carbonyl (C=O) groups excluding carboxylic acids is 2. The van der Waals surface area contributed by atoms with Crippen LogP contribution in [0.5, 0.6) is 0 Å². The average molecular weight is 502 g/mol. The lowest BCUT2D eigenvalue weighted by Gasteiger charge is -2.60. The van der Waals surface area contributed by atoms with E-state index in [0.29, 0.717) is 29.7 Å². The number of benzene rings is 1. The van der Waals surface area contributed by atoms with Crippen LogP contribution in [0.1, 0.15) is 70.8 Å². The van der Waals surface area contributed by atoms with Crippen molar-refractivity contribution in [1.29, 1.82) is 0 Å². The van der Waals surface area contributed by atoms with Gasteiger partial charge in [0.15, 0.2) is 0 Å². The van der Waals surface area contributed by atoms with Crippen molar-refractivity contribution < 1.29 is 9.59 Å². The Morgan fingerprint density at radius 3 is 2.81 bits per heavy atom. The minimum absolute atomic E-state index is 0.101. The number of aryl methyl sites for hydroxylation is 1. The van der Waals surface area contributed by atoms with Crippen LogP contribution in [0.4, 0.5) is 0 Å². The molecule has 2 amide bonds. The fraction of sp³-hybridized carbons (Fsp3) is 0.625. The van der Waals surface area contributed by atoms with Crippen molar-refractivity contribution in [3.8, 4) is 0 Å². The van der Waals surface area contributed by atoms with Crippen LogP contribution >= 0.6 is 0 Å². The molecule has 2 aromatic rings. The van der Waals surface area contributed by atoms with E-state index in [2.05, 4.69) is 60.7 Å². The fourth-order valence-electron chi connectivity index (χ4n) is 9.29. The molecule has 1 aliphatic heterocycles. The number of hydrogen-bond acceptors (Lipinski definition) is 2. The first-order valence-corrected chi connectivity index (χ1v) is 14.6. The van der Waals surface area contributed by atoms with Crippen LogP contribution in [-0.4, -0.2) is 41.3 Å². The first-order valence-electron chi connectivity index (χ1n) is 14.6. The maximum Gasteiger partial charge on any atom is 0.246 e. The van der Waals surface area contributed by atoms with E-state index in [1.807, 2.05) is 18.0 Å². The zero-order valence-electron chi connectivity index (χ0n) is 22.8. The molecule has 3 aliphatic carbocycles. The third kappa shape index (κ3) is 4.04. The fourth-order valence-corrected chi connectivity index (χ4v) is 9.29. The smallest absolute Gasteiger partial charge is 0.246 e. The lowest BCUT2D eigenvalue weighted by molar-refractivity contribution is -0.139. The summed E-state index contributed by atoms with van der Waals surface area (Å²) >= 11 is 0. The second-order valence-electron chi connectivity index (χ2n) is 13.0. The Labute approximate surface area is 221 Å². The van der Waals surface area contributed by atoms with Gasteiger partial charge in [0, 0.05) is 48.6 Å². The highest BCUT2D eigenvalue weighted by molar-refractivity contribution is 5.89. The predicted octanol–water partition coefficient (Wildman–Crippen LogP) is 5.86. The molecule has 2 N–H and O–H groups in total. The number of para-hydroxylation sites is 1. The van der Waals surface area contributed by atoms with Crippen molar-refractivity contribution in [3.05, 3.63) is 48.2 Å². The van der Waals surface area contributed by atoms with E-state index in [9.17, 15) is 9.59 Å². The van der Waals surface area contributed by atoms with E-state index in [0.717, 1.165) is 37.6 Å². The maximum absolute atomic E-state index is 12.8. The maximum atomic E-state index is 12.8. The molecule has 1 aromatic heterocycles. The Hall–Kier alpha value is -2.56. The van der Waals surface area contributed by atoms with E-state index in [1.54, 1.807) is 0 Å². The number of rotatable bonds is 6. The van der Waals surface area contributed by atoms with Gasteiger partial charge < -0.3 is 15.2 Å². The van der Waals surface area contributed by atoms with Crippen molar-refractivity contribution in [2.24, 2.45) is 34.5 Å². The average Bonchev–Trinajstić information content (AvgIpc) is 3.46. The first-order chi connectivity index (χ1) is 17.8. The van der Waals surface area contributed by atoms with Gasteiger partial charge in [-0.15, -0.1) is 0 Å². The molecular weight excluding hydrogens is 458 g/mol. The number of likely N-dealkylation sites (N-methyl/N-ethyl adjacent to an activating group) is 1. The molecule has 5 heteroatoms.